The summed E-state index contributed by atoms with van der Waals surface area (Å²) in [5.74, 6) is -0.293. The minimum atomic E-state index is -0.900. The van der Waals surface area contributed by atoms with Gasteiger partial charge < -0.3 is 14.6 Å². The van der Waals surface area contributed by atoms with Crippen LogP contribution in [-0.2, 0) is 4.79 Å². The molecule has 1 N–H and O–H groups in total. The SMILES string of the molecule is C=C(C)[C@H]1Oc2cc(OC(=O)C(C)=CC)c(C(C)=O)cc2[C@H]1O. The normalized spacial score (nSPS) is 19.8. The highest BCUT2D eigenvalue weighted by Gasteiger charge is 2.35. The van der Waals surface area contributed by atoms with Gasteiger partial charge in [-0.2, -0.15) is 0 Å². The topological polar surface area (TPSA) is 72.8 Å². The third kappa shape index (κ3) is 3.19. The molecule has 0 aliphatic carbocycles. The fraction of sp³-hybridized carbons (Fsp3) is 0.333. The van der Waals surface area contributed by atoms with Crippen LogP contribution in [0, 0.1) is 0 Å². The van der Waals surface area contributed by atoms with Crippen molar-refractivity contribution in [2.45, 2.75) is 39.9 Å². The number of ether oxygens (including phenoxy) is 2. The number of hydrogen-bond donors (Lipinski definition) is 1. The molecule has 0 radical (unpaired) electrons. The van der Waals surface area contributed by atoms with E-state index in [0.29, 0.717) is 22.5 Å². The Hall–Kier alpha value is -2.40. The second-order valence-electron chi connectivity index (χ2n) is 5.63. The Kier molecular flexibility index (Phi) is 4.71. The molecule has 0 amide bonds. The van der Waals surface area contributed by atoms with E-state index in [1.165, 1.54) is 19.1 Å². The number of aliphatic hydroxyl groups is 1. The van der Waals surface area contributed by atoms with Gasteiger partial charge in [0.1, 0.15) is 23.7 Å². The van der Waals surface area contributed by atoms with Crippen molar-refractivity contribution in [2.24, 2.45) is 0 Å². The van der Waals surface area contributed by atoms with Crippen molar-refractivity contribution in [3.05, 3.63) is 47.1 Å². The Morgan fingerprint density at radius 2 is 1.96 bits per heavy atom. The summed E-state index contributed by atoms with van der Waals surface area (Å²) >= 11 is 0. The summed E-state index contributed by atoms with van der Waals surface area (Å²) in [5.41, 5.74) is 1.82. The summed E-state index contributed by atoms with van der Waals surface area (Å²) in [6.07, 6.45) is 0.149. The van der Waals surface area contributed by atoms with Crippen LogP contribution in [0.3, 0.4) is 0 Å². The first-order valence-electron chi connectivity index (χ1n) is 7.30. The van der Waals surface area contributed by atoms with Crippen LogP contribution < -0.4 is 9.47 Å². The molecule has 1 aliphatic rings. The summed E-state index contributed by atoms with van der Waals surface area (Å²) in [7, 11) is 0. The summed E-state index contributed by atoms with van der Waals surface area (Å²) in [6.45, 7) is 10.3. The molecule has 0 fully saturated rings. The number of rotatable bonds is 4. The predicted octanol–water partition coefficient (Wildman–Crippen LogP) is 3.13. The smallest absolute Gasteiger partial charge is 0.338 e. The number of hydrogen-bond acceptors (Lipinski definition) is 5. The van der Waals surface area contributed by atoms with Gasteiger partial charge in [-0.3, -0.25) is 4.79 Å². The van der Waals surface area contributed by atoms with Crippen molar-refractivity contribution < 1.29 is 24.2 Å². The second kappa shape index (κ2) is 6.38. The molecule has 1 aromatic carbocycles. The van der Waals surface area contributed by atoms with E-state index in [1.807, 2.05) is 0 Å². The van der Waals surface area contributed by atoms with Crippen LogP contribution >= 0.6 is 0 Å². The standard InChI is InChI=1S/C18H20O5/c1-6-10(4)18(21)23-14-8-15-13(7-12(14)11(5)19)16(20)17(22-15)9(2)3/h6-8,16-17,20H,2H2,1,3-5H3/t16-,17-/m1/s1. The molecule has 2 atom stereocenters. The Morgan fingerprint density at radius 1 is 1.30 bits per heavy atom. The molecular weight excluding hydrogens is 296 g/mol. The van der Waals surface area contributed by atoms with Crippen molar-refractivity contribution in [3.63, 3.8) is 0 Å². The van der Waals surface area contributed by atoms with Crippen molar-refractivity contribution in [3.8, 4) is 11.5 Å². The molecule has 0 saturated heterocycles. The maximum atomic E-state index is 11.9. The summed E-state index contributed by atoms with van der Waals surface area (Å²) < 4.78 is 11.0. The Morgan fingerprint density at radius 3 is 2.48 bits per heavy atom. The lowest BCUT2D eigenvalue weighted by Crippen LogP contribution is -2.19. The number of ketones is 1. The van der Waals surface area contributed by atoms with Gasteiger partial charge in [0.2, 0.25) is 0 Å². The highest BCUT2D eigenvalue weighted by Crippen LogP contribution is 2.42. The maximum absolute atomic E-state index is 11.9. The molecule has 1 aromatic rings. The zero-order valence-corrected chi connectivity index (χ0v) is 13.7. The van der Waals surface area contributed by atoms with Crippen LogP contribution in [0.2, 0.25) is 0 Å². The summed E-state index contributed by atoms with van der Waals surface area (Å²) in [4.78, 5) is 23.8. The minimum Gasteiger partial charge on any atom is -0.482 e. The number of carbonyl (C=O) groups excluding carboxylic acids is 2. The quantitative estimate of drug-likeness (QED) is 0.304. The van der Waals surface area contributed by atoms with E-state index < -0.39 is 18.2 Å². The molecular formula is C18H20O5. The van der Waals surface area contributed by atoms with Crippen LogP contribution in [-0.4, -0.2) is 23.0 Å². The van der Waals surface area contributed by atoms with E-state index >= 15 is 0 Å². The fourth-order valence-corrected chi connectivity index (χ4v) is 2.30. The lowest BCUT2D eigenvalue weighted by atomic mass is 9.99. The number of allylic oxidation sites excluding steroid dienone is 1. The van der Waals surface area contributed by atoms with Gasteiger partial charge in [-0.25, -0.2) is 4.79 Å². The number of aliphatic hydroxyl groups excluding tert-OH is 1. The molecule has 0 aromatic heterocycles. The average Bonchev–Trinajstić information content (AvgIpc) is 2.82. The third-order valence-corrected chi connectivity index (χ3v) is 3.79. The van der Waals surface area contributed by atoms with Crippen LogP contribution in [0.1, 0.15) is 49.7 Å². The molecule has 0 unspecified atom stereocenters. The number of Topliss-reactive ketones (excluding diaryl/α,β-unsaturated/α-hetero) is 1. The van der Waals surface area contributed by atoms with Crippen LogP contribution in [0.4, 0.5) is 0 Å². The zero-order chi connectivity index (χ0) is 17.3. The van der Waals surface area contributed by atoms with E-state index in [0.717, 1.165) is 0 Å². The van der Waals surface area contributed by atoms with Crippen LogP contribution in [0.25, 0.3) is 0 Å². The van der Waals surface area contributed by atoms with Gasteiger partial charge in [0.05, 0.1) is 5.56 Å². The molecule has 0 spiro atoms. The van der Waals surface area contributed by atoms with Gasteiger partial charge in [0, 0.05) is 17.2 Å². The lowest BCUT2D eigenvalue weighted by molar-refractivity contribution is -0.130. The molecule has 2 rings (SSSR count). The Labute approximate surface area is 135 Å². The number of fused-ring (bicyclic) bond motifs is 1. The molecule has 1 aliphatic heterocycles. The van der Waals surface area contributed by atoms with Gasteiger partial charge in [0.15, 0.2) is 5.78 Å². The van der Waals surface area contributed by atoms with Gasteiger partial charge in [-0.1, -0.05) is 12.7 Å². The molecule has 23 heavy (non-hydrogen) atoms. The average molecular weight is 316 g/mol. The maximum Gasteiger partial charge on any atom is 0.338 e. The van der Waals surface area contributed by atoms with E-state index in [2.05, 4.69) is 6.58 Å². The van der Waals surface area contributed by atoms with Crippen LogP contribution in [0.15, 0.2) is 35.9 Å². The van der Waals surface area contributed by atoms with Crippen molar-refractivity contribution in [2.75, 3.05) is 0 Å². The molecule has 0 saturated carbocycles. The molecule has 0 bridgehead atoms. The first kappa shape index (κ1) is 17.0. The van der Waals surface area contributed by atoms with Gasteiger partial charge in [0.25, 0.3) is 0 Å². The highest BCUT2D eigenvalue weighted by molar-refractivity contribution is 5.99. The van der Waals surface area contributed by atoms with Gasteiger partial charge >= 0.3 is 5.97 Å². The van der Waals surface area contributed by atoms with E-state index in [-0.39, 0.29) is 17.1 Å². The third-order valence-electron chi connectivity index (χ3n) is 3.79. The van der Waals surface area contributed by atoms with E-state index in [9.17, 15) is 14.7 Å². The van der Waals surface area contributed by atoms with Crippen LogP contribution in [0.5, 0.6) is 11.5 Å². The first-order chi connectivity index (χ1) is 10.8. The molecule has 5 nitrogen and oxygen atoms in total. The van der Waals surface area contributed by atoms with E-state index in [4.69, 9.17) is 9.47 Å². The van der Waals surface area contributed by atoms with Crippen molar-refractivity contribution in [1.29, 1.82) is 0 Å². The van der Waals surface area contributed by atoms with Gasteiger partial charge in [-0.05, 0) is 39.3 Å². The minimum absolute atomic E-state index is 0.122. The van der Waals surface area contributed by atoms with E-state index in [1.54, 1.807) is 26.8 Å². The van der Waals surface area contributed by atoms with Gasteiger partial charge in [-0.15, -0.1) is 0 Å². The monoisotopic (exact) mass is 316 g/mol. The summed E-state index contributed by atoms with van der Waals surface area (Å²) in [5, 5.41) is 10.3. The number of benzene rings is 1. The number of esters is 1. The summed E-state index contributed by atoms with van der Waals surface area (Å²) in [6, 6.07) is 2.98. The molecule has 122 valence electrons. The second-order valence-corrected chi connectivity index (χ2v) is 5.63. The highest BCUT2D eigenvalue weighted by atomic mass is 16.5. The lowest BCUT2D eigenvalue weighted by Gasteiger charge is -2.13. The predicted molar refractivity (Wildman–Crippen MR) is 85.7 cm³/mol. The van der Waals surface area contributed by atoms with Crippen molar-refractivity contribution in [1.82, 2.24) is 0 Å². The molecule has 1 heterocycles. The fourth-order valence-electron chi connectivity index (χ4n) is 2.30. The van der Waals surface area contributed by atoms with Crippen molar-refractivity contribution >= 4 is 11.8 Å². The zero-order valence-electron chi connectivity index (χ0n) is 13.7. The Bertz CT molecular complexity index is 714. The first-order valence-corrected chi connectivity index (χ1v) is 7.30. The molecule has 5 heteroatoms. The largest absolute Gasteiger partial charge is 0.482 e. The Balaban J connectivity index is 2.46. The number of carbonyl (C=O) groups is 2.